The molecule has 1 aromatic carbocycles. The highest BCUT2D eigenvalue weighted by Gasteiger charge is 2.23. The van der Waals surface area contributed by atoms with Crippen molar-refractivity contribution in [3.63, 3.8) is 0 Å². The lowest BCUT2D eigenvalue weighted by molar-refractivity contribution is 0.0915. The molecule has 98 valence electrons. The molecule has 1 aromatic rings. The van der Waals surface area contributed by atoms with Crippen molar-refractivity contribution in [2.75, 3.05) is 13.1 Å². The summed E-state index contributed by atoms with van der Waals surface area (Å²) in [6.07, 6.45) is 1.06. The standard InChI is InChI=1S/C13H16Cl2N2O/c1-8-4-5-16-7-12(8)17-13(18)10-6-9(14)2-3-11(10)15/h2-3,6,8,12,16H,4-5,7H2,1H3,(H,17,18). The molecule has 1 amide bonds. The summed E-state index contributed by atoms with van der Waals surface area (Å²) in [6.45, 7) is 3.95. The predicted octanol–water partition coefficient (Wildman–Crippen LogP) is 2.72. The van der Waals surface area contributed by atoms with E-state index in [1.54, 1.807) is 18.2 Å². The highest BCUT2D eigenvalue weighted by Crippen LogP contribution is 2.21. The van der Waals surface area contributed by atoms with E-state index in [9.17, 15) is 4.79 Å². The zero-order chi connectivity index (χ0) is 13.1. The Morgan fingerprint density at radius 3 is 2.94 bits per heavy atom. The molecule has 1 heterocycles. The summed E-state index contributed by atoms with van der Waals surface area (Å²) < 4.78 is 0. The largest absolute Gasteiger partial charge is 0.348 e. The number of halogens is 2. The molecule has 2 unspecified atom stereocenters. The third kappa shape index (κ3) is 3.16. The summed E-state index contributed by atoms with van der Waals surface area (Å²) >= 11 is 11.9. The second-order valence-electron chi connectivity index (χ2n) is 4.67. The second-order valence-corrected chi connectivity index (χ2v) is 5.52. The Kier molecular flexibility index (Phi) is 4.49. The molecule has 5 heteroatoms. The highest BCUT2D eigenvalue weighted by molar-refractivity contribution is 6.35. The topological polar surface area (TPSA) is 41.1 Å². The van der Waals surface area contributed by atoms with Gasteiger partial charge in [-0.2, -0.15) is 0 Å². The Labute approximate surface area is 117 Å². The monoisotopic (exact) mass is 286 g/mol. The van der Waals surface area contributed by atoms with Crippen LogP contribution in [0.5, 0.6) is 0 Å². The van der Waals surface area contributed by atoms with Crippen molar-refractivity contribution in [1.29, 1.82) is 0 Å². The predicted molar refractivity (Wildman–Crippen MR) is 74.4 cm³/mol. The van der Waals surface area contributed by atoms with Crippen LogP contribution >= 0.6 is 23.2 Å². The van der Waals surface area contributed by atoms with Crippen LogP contribution in [0.2, 0.25) is 10.0 Å². The maximum atomic E-state index is 12.1. The van der Waals surface area contributed by atoms with Gasteiger partial charge in [0.1, 0.15) is 0 Å². The van der Waals surface area contributed by atoms with Crippen LogP contribution in [0, 0.1) is 5.92 Å². The molecule has 18 heavy (non-hydrogen) atoms. The molecule has 2 rings (SSSR count). The summed E-state index contributed by atoms with van der Waals surface area (Å²) in [7, 11) is 0. The molecule has 0 aliphatic carbocycles. The smallest absolute Gasteiger partial charge is 0.253 e. The lowest BCUT2D eigenvalue weighted by atomic mass is 9.94. The van der Waals surface area contributed by atoms with Gasteiger partial charge >= 0.3 is 0 Å². The Hall–Kier alpha value is -0.770. The molecular weight excluding hydrogens is 271 g/mol. The molecule has 2 atom stereocenters. The van der Waals surface area contributed by atoms with E-state index < -0.39 is 0 Å². The molecule has 2 N–H and O–H groups in total. The number of carbonyl (C=O) groups is 1. The fourth-order valence-corrected chi connectivity index (χ4v) is 2.48. The van der Waals surface area contributed by atoms with Crippen LogP contribution in [0.3, 0.4) is 0 Å². The molecule has 1 aliphatic rings. The van der Waals surface area contributed by atoms with E-state index in [0.717, 1.165) is 19.5 Å². The number of rotatable bonds is 2. The van der Waals surface area contributed by atoms with Crippen LogP contribution in [-0.4, -0.2) is 25.0 Å². The first-order chi connectivity index (χ1) is 8.58. The van der Waals surface area contributed by atoms with Crippen molar-refractivity contribution in [2.45, 2.75) is 19.4 Å². The third-order valence-electron chi connectivity index (χ3n) is 3.32. The zero-order valence-corrected chi connectivity index (χ0v) is 11.7. The third-order valence-corrected chi connectivity index (χ3v) is 3.88. The van der Waals surface area contributed by atoms with Gasteiger partial charge in [-0.3, -0.25) is 4.79 Å². The highest BCUT2D eigenvalue weighted by atomic mass is 35.5. The Morgan fingerprint density at radius 1 is 1.44 bits per heavy atom. The average molecular weight is 287 g/mol. The number of hydrogen-bond donors (Lipinski definition) is 2. The van der Waals surface area contributed by atoms with Gasteiger partial charge in [0.2, 0.25) is 0 Å². The van der Waals surface area contributed by atoms with Crippen molar-refractivity contribution in [3.8, 4) is 0 Å². The minimum absolute atomic E-state index is 0.140. The molecule has 0 spiro atoms. The minimum Gasteiger partial charge on any atom is -0.348 e. The van der Waals surface area contributed by atoms with Crippen LogP contribution in [0.25, 0.3) is 0 Å². The first-order valence-corrected chi connectivity index (χ1v) is 6.80. The quantitative estimate of drug-likeness (QED) is 0.878. The summed E-state index contributed by atoms with van der Waals surface area (Å²) in [5.74, 6) is 0.302. The van der Waals surface area contributed by atoms with Crippen LogP contribution in [0.15, 0.2) is 18.2 Å². The number of carbonyl (C=O) groups excluding carboxylic acids is 1. The fraction of sp³-hybridized carbons (Fsp3) is 0.462. The van der Waals surface area contributed by atoms with E-state index in [-0.39, 0.29) is 11.9 Å². The summed E-state index contributed by atoms with van der Waals surface area (Å²) in [5.41, 5.74) is 0.432. The Bertz CT molecular complexity index is 451. The summed E-state index contributed by atoms with van der Waals surface area (Å²) in [4.78, 5) is 12.1. The van der Waals surface area contributed by atoms with Gasteiger partial charge in [0, 0.05) is 17.6 Å². The van der Waals surface area contributed by atoms with E-state index in [4.69, 9.17) is 23.2 Å². The molecule has 1 aliphatic heterocycles. The SMILES string of the molecule is CC1CCNCC1NC(=O)c1cc(Cl)ccc1Cl. The molecule has 3 nitrogen and oxygen atoms in total. The number of hydrogen-bond acceptors (Lipinski definition) is 2. The van der Waals surface area contributed by atoms with E-state index in [0.29, 0.717) is 21.5 Å². The van der Waals surface area contributed by atoms with Gasteiger partial charge in [-0.1, -0.05) is 30.1 Å². The van der Waals surface area contributed by atoms with Crippen molar-refractivity contribution >= 4 is 29.1 Å². The Balaban J connectivity index is 2.09. The molecule has 0 bridgehead atoms. The van der Waals surface area contributed by atoms with Crippen LogP contribution in [0.1, 0.15) is 23.7 Å². The molecule has 0 radical (unpaired) electrons. The van der Waals surface area contributed by atoms with Gasteiger partial charge in [-0.15, -0.1) is 0 Å². The van der Waals surface area contributed by atoms with E-state index in [1.807, 2.05) is 0 Å². The lowest BCUT2D eigenvalue weighted by Gasteiger charge is -2.30. The van der Waals surface area contributed by atoms with Crippen LogP contribution < -0.4 is 10.6 Å². The number of piperidine rings is 1. The molecule has 1 saturated heterocycles. The van der Waals surface area contributed by atoms with Crippen molar-refractivity contribution in [3.05, 3.63) is 33.8 Å². The number of nitrogens with one attached hydrogen (secondary N) is 2. The van der Waals surface area contributed by atoms with Gasteiger partial charge in [-0.25, -0.2) is 0 Å². The van der Waals surface area contributed by atoms with E-state index >= 15 is 0 Å². The van der Waals surface area contributed by atoms with Crippen molar-refractivity contribution < 1.29 is 4.79 Å². The van der Waals surface area contributed by atoms with Gasteiger partial charge in [0.05, 0.1) is 10.6 Å². The lowest BCUT2D eigenvalue weighted by Crippen LogP contribution is -2.50. The van der Waals surface area contributed by atoms with Crippen LogP contribution in [-0.2, 0) is 0 Å². The van der Waals surface area contributed by atoms with Crippen molar-refractivity contribution in [1.82, 2.24) is 10.6 Å². The molecular formula is C13H16Cl2N2O. The molecule has 0 saturated carbocycles. The normalized spacial score (nSPS) is 23.7. The van der Waals surface area contributed by atoms with Crippen molar-refractivity contribution in [2.24, 2.45) is 5.92 Å². The van der Waals surface area contributed by atoms with Gasteiger partial charge in [-0.05, 0) is 37.1 Å². The summed E-state index contributed by atoms with van der Waals surface area (Å²) in [5, 5.41) is 7.22. The fourth-order valence-electron chi connectivity index (χ4n) is 2.10. The maximum absolute atomic E-state index is 12.1. The van der Waals surface area contributed by atoms with Gasteiger partial charge in [0.25, 0.3) is 5.91 Å². The first-order valence-electron chi connectivity index (χ1n) is 6.04. The van der Waals surface area contributed by atoms with E-state index in [1.165, 1.54) is 0 Å². The Morgan fingerprint density at radius 2 is 2.22 bits per heavy atom. The van der Waals surface area contributed by atoms with E-state index in [2.05, 4.69) is 17.6 Å². The number of benzene rings is 1. The average Bonchev–Trinajstić information content (AvgIpc) is 2.35. The maximum Gasteiger partial charge on any atom is 0.253 e. The zero-order valence-electron chi connectivity index (χ0n) is 10.2. The molecule has 0 aromatic heterocycles. The summed E-state index contributed by atoms with van der Waals surface area (Å²) in [6, 6.07) is 5.05. The number of amides is 1. The van der Waals surface area contributed by atoms with Gasteiger partial charge in [0.15, 0.2) is 0 Å². The van der Waals surface area contributed by atoms with Gasteiger partial charge < -0.3 is 10.6 Å². The molecule has 1 fully saturated rings. The minimum atomic E-state index is -0.164. The second kappa shape index (κ2) is 5.91. The first kappa shape index (κ1) is 13.7. The van der Waals surface area contributed by atoms with Crippen LogP contribution in [0.4, 0.5) is 0 Å².